The fraction of sp³-hybridized carbons (Fsp3) is 0.200. The lowest BCUT2D eigenvalue weighted by Crippen LogP contribution is -2.22. The lowest BCUT2D eigenvalue weighted by Gasteiger charge is -2.14. The topological polar surface area (TPSA) is 62.6 Å². The van der Waals surface area contributed by atoms with E-state index in [1.165, 1.54) is 11.0 Å². The Kier molecular flexibility index (Phi) is 6.81. The Morgan fingerprint density at radius 2 is 1.96 bits per heavy atom. The molecule has 0 fully saturated rings. The Morgan fingerprint density at radius 1 is 1.27 bits per heavy atom. The first-order chi connectivity index (χ1) is 12.5. The van der Waals surface area contributed by atoms with Gasteiger partial charge in [0.1, 0.15) is 18.2 Å². The molecular weight excluding hydrogens is 396 g/mol. The second-order valence-electron chi connectivity index (χ2n) is 5.68. The van der Waals surface area contributed by atoms with Crippen molar-refractivity contribution in [1.82, 2.24) is 4.90 Å². The van der Waals surface area contributed by atoms with Crippen molar-refractivity contribution in [2.45, 2.75) is 6.61 Å². The van der Waals surface area contributed by atoms with Gasteiger partial charge in [-0.3, -0.25) is 4.79 Å². The van der Waals surface area contributed by atoms with Crippen LogP contribution < -0.4 is 9.47 Å². The van der Waals surface area contributed by atoms with Gasteiger partial charge in [0.25, 0.3) is 5.91 Å². The van der Waals surface area contributed by atoms with E-state index >= 15 is 0 Å². The van der Waals surface area contributed by atoms with Gasteiger partial charge in [0.2, 0.25) is 0 Å². The van der Waals surface area contributed by atoms with Crippen LogP contribution in [0.15, 0.2) is 52.5 Å². The highest BCUT2D eigenvalue weighted by molar-refractivity contribution is 9.10. The number of carbonyl (C=O) groups excluding carboxylic acids is 1. The van der Waals surface area contributed by atoms with Gasteiger partial charge in [-0.1, -0.05) is 30.3 Å². The maximum Gasteiger partial charge on any atom is 0.264 e. The van der Waals surface area contributed by atoms with Crippen LogP contribution in [0, 0.1) is 11.3 Å². The summed E-state index contributed by atoms with van der Waals surface area (Å²) >= 11 is 3.48. The number of carbonyl (C=O) groups is 1. The van der Waals surface area contributed by atoms with Crippen LogP contribution in [0.4, 0.5) is 0 Å². The molecule has 2 aromatic carbocycles. The third kappa shape index (κ3) is 4.87. The predicted octanol–water partition coefficient (Wildman–Crippen LogP) is 4.03. The van der Waals surface area contributed by atoms with Crippen LogP contribution in [0.2, 0.25) is 0 Å². The molecule has 0 saturated heterocycles. The number of benzene rings is 2. The highest BCUT2D eigenvalue weighted by Gasteiger charge is 2.15. The van der Waals surface area contributed by atoms with Gasteiger partial charge in [-0.25, -0.2) is 0 Å². The summed E-state index contributed by atoms with van der Waals surface area (Å²) in [6.07, 6.45) is 1.52. The van der Waals surface area contributed by atoms with E-state index in [1.807, 2.05) is 36.4 Å². The van der Waals surface area contributed by atoms with E-state index < -0.39 is 0 Å². The van der Waals surface area contributed by atoms with Crippen molar-refractivity contribution in [2.24, 2.45) is 0 Å². The van der Waals surface area contributed by atoms with Gasteiger partial charge in [0.15, 0.2) is 11.5 Å². The molecule has 26 heavy (non-hydrogen) atoms. The fourth-order valence-electron chi connectivity index (χ4n) is 2.24. The van der Waals surface area contributed by atoms with E-state index in [2.05, 4.69) is 15.9 Å². The molecule has 0 spiro atoms. The van der Waals surface area contributed by atoms with Crippen molar-refractivity contribution < 1.29 is 14.3 Å². The zero-order valence-electron chi connectivity index (χ0n) is 14.8. The van der Waals surface area contributed by atoms with Crippen molar-refractivity contribution in [3.63, 3.8) is 0 Å². The molecular formula is C20H19BrN2O3. The van der Waals surface area contributed by atoms with Crippen molar-refractivity contribution in [1.29, 1.82) is 5.26 Å². The van der Waals surface area contributed by atoms with Gasteiger partial charge in [-0.2, -0.15) is 5.26 Å². The molecule has 0 N–H and O–H groups in total. The lowest BCUT2D eigenvalue weighted by molar-refractivity contribution is -0.124. The molecule has 0 aliphatic carbocycles. The molecule has 2 aromatic rings. The minimum atomic E-state index is -0.355. The van der Waals surface area contributed by atoms with E-state index in [0.717, 1.165) is 5.56 Å². The van der Waals surface area contributed by atoms with E-state index in [9.17, 15) is 10.1 Å². The molecule has 0 saturated carbocycles. The smallest absolute Gasteiger partial charge is 0.264 e. The van der Waals surface area contributed by atoms with E-state index in [0.29, 0.717) is 28.1 Å². The van der Waals surface area contributed by atoms with Crippen molar-refractivity contribution in [3.8, 4) is 17.6 Å². The molecule has 0 bridgehead atoms. The Balaban J connectivity index is 2.31. The SMILES string of the molecule is COc1cc(/C=C(/C#N)C(=O)N(C)C)cc(Br)c1OCc1ccccc1. The first-order valence-corrected chi connectivity index (χ1v) is 8.63. The Morgan fingerprint density at radius 3 is 2.54 bits per heavy atom. The van der Waals surface area contributed by atoms with Crippen LogP contribution >= 0.6 is 15.9 Å². The van der Waals surface area contributed by atoms with E-state index in [4.69, 9.17) is 9.47 Å². The van der Waals surface area contributed by atoms with Crippen LogP contribution in [0.1, 0.15) is 11.1 Å². The number of nitriles is 1. The second kappa shape index (κ2) is 9.07. The third-order valence-corrected chi connectivity index (χ3v) is 4.13. The molecule has 0 radical (unpaired) electrons. The summed E-state index contributed by atoms with van der Waals surface area (Å²) in [6, 6.07) is 15.2. The summed E-state index contributed by atoms with van der Waals surface area (Å²) in [6.45, 7) is 0.396. The Bertz CT molecular complexity index is 855. The van der Waals surface area contributed by atoms with Crippen molar-refractivity contribution in [3.05, 3.63) is 63.6 Å². The molecule has 0 aliphatic rings. The minimum Gasteiger partial charge on any atom is -0.493 e. The largest absolute Gasteiger partial charge is 0.493 e. The molecule has 5 nitrogen and oxygen atoms in total. The maximum atomic E-state index is 12.0. The summed E-state index contributed by atoms with van der Waals surface area (Å²) < 4.78 is 12.0. The quantitative estimate of drug-likeness (QED) is 0.528. The molecule has 1 amide bonds. The highest BCUT2D eigenvalue weighted by atomic mass is 79.9. The first kappa shape index (κ1) is 19.5. The third-order valence-electron chi connectivity index (χ3n) is 3.55. The van der Waals surface area contributed by atoms with E-state index in [1.54, 1.807) is 33.3 Å². The minimum absolute atomic E-state index is 0.0434. The number of rotatable bonds is 6. The van der Waals surface area contributed by atoms with Crippen molar-refractivity contribution >= 4 is 27.9 Å². The zero-order valence-corrected chi connectivity index (χ0v) is 16.4. The molecule has 6 heteroatoms. The summed E-state index contributed by atoms with van der Waals surface area (Å²) in [5, 5.41) is 9.23. The highest BCUT2D eigenvalue weighted by Crippen LogP contribution is 2.37. The Hall–Kier alpha value is -2.78. The summed E-state index contributed by atoms with van der Waals surface area (Å²) in [5.41, 5.74) is 1.74. The van der Waals surface area contributed by atoms with Gasteiger partial charge >= 0.3 is 0 Å². The number of nitrogens with zero attached hydrogens (tertiary/aromatic N) is 2. The summed E-state index contributed by atoms with van der Waals surface area (Å²) in [7, 11) is 4.75. The number of likely N-dealkylation sites (N-methyl/N-ethyl adjacent to an activating group) is 1. The van der Waals surface area contributed by atoms with Gasteiger partial charge in [-0.15, -0.1) is 0 Å². The number of halogens is 1. The zero-order chi connectivity index (χ0) is 19.1. The van der Waals surface area contributed by atoms with Gasteiger partial charge < -0.3 is 14.4 Å². The molecule has 0 unspecified atom stereocenters. The number of hydrogen-bond acceptors (Lipinski definition) is 4. The van der Waals surface area contributed by atoms with Crippen LogP contribution in [0.25, 0.3) is 6.08 Å². The standard InChI is InChI=1S/C20H19BrN2O3/c1-23(2)20(24)16(12-22)9-15-10-17(21)19(18(11-15)25-3)26-13-14-7-5-4-6-8-14/h4-11H,13H2,1-3H3/b16-9-. The molecule has 2 rings (SSSR count). The lowest BCUT2D eigenvalue weighted by atomic mass is 10.1. The van der Waals surface area contributed by atoms with Crippen LogP contribution in [-0.2, 0) is 11.4 Å². The number of amides is 1. The monoisotopic (exact) mass is 414 g/mol. The molecule has 0 aliphatic heterocycles. The normalized spacial score (nSPS) is 10.8. The summed E-state index contributed by atoms with van der Waals surface area (Å²) in [5.74, 6) is 0.717. The average molecular weight is 415 g/mol. The maximum absolute atomic E-state index is 12.0. The van der Waals surface area contributed by atoms with Crippen LogP contribution in [-0.4, -0.2) is 32.0 Å². The fourth-order valence-corrected chi connectivity index (χ4v) is 2.82. The molecule has 134 valence electrons. The van der Waals surface area contributed by atoms with Gasteiger partial charge in [0, 0.05) is 14.1 Å². The number of hydrogen-bond donors (Lipinski definition) is 0. The molecule has 0 heterocycles. The predicted molar refractivity (Wildman–Crippen MR) is 104 cm³/mol. The summed E-state index contributed by atoms with van der Waals surface area (Å²) in [4.78, 5) is 13.4. The number of ether oxygens (including phenoxy) is 2. The van der Waals surface area contributed by atoms with E-state index in [-0.39, 0.29) is 11.5 Å². The van der Waals surface area contributed by atoms with Crippen molar-refractivity contribution in [2.75, 3.05) is 21.2 Å². The van der Waals surface area contributed by atoms with Gasteiger partial charge in [-0.05, 0) is 45.3 Å². The van der Waals surface area contributed by atoms with Crippen LogP contribution in [0.5, 0.6) is 11.5 Å². The van der Waals surface area contributed by atoms with Gasteiger partial charge in [0.05, 0.1) is 11.6 Å². The molecule has 0 atom stereocenters. The molecule has 0 aromatic heterocycles. The Labute approximate surface area is 161 Å². The second-order valence-corrected chi connectivity index (χ2v) is 6.53. The van der Waals surface area contributed by atoms with Crippen LogP contribution in [0.3, 0.4) is 0 Å². The first-order valence-electron chi connectivity index (χ1n) is 7.84. The average Bonchev–Trinajstić information content (AvgIpc) is 2.64. The number of methoxy groups -OCH3 is 1.